The van der Waals surface area contributed by atoms with Gasteiger partial charge in [0.1, 0.15) is 5.82 Å². The Bertz CT molecular complexity index is 1050. The zero-order valence-electron chi connectivity index (χ0n) is 15.5. The van der Waals surface area contributed by atoms with E-state index in [1.165, 1.54) is 0 Å². The van der Waals surface area contributed by atoms with Gasteiger partial charge in [0, 0.05) is 37.4 Å². The molecule has 0 radical (unpaired) electrons. The van der Waals surface area contributed by atoms with Crippen molar-refractivity contribution in [3.05, 3.63) is 59.9 Å². The van der Waals surface area contributed by atoms with Gasteiger partial charge in [0.25, 0.3) is 0 Å². The van der Waals surface area contributed by atoms with E-state index in [-0.39, 0.29) is 11.3 Å². The average Bonchev–Trinajstić information content (AvgIpc) is 3.03. The Kier molecular flexibility index (Phi) is 4.20. The first-order valence-corrected chi connectivity index (χ1v) is 10.1. The maximum absolute atomic E-state index is 13.6. The number of hydrogen-bond acceptors (Lipinski definition) is 4. The van der Waals surface area contributed by atoms with Gasteiger partial charge in [0.05, 0.1) is 21.6 Å². The molecule has 6 heteroatoms. The summed E-state index contributed by atoms with van der Waals surface area (Å²) in [5, 5.41) is 1.66. The number of halogens is 1. The minimum Gasteiger partial charge on any atom is -0.354 e. The Balaban J connectivity index is 1.47. The molecule has 4 heterocycles. The summed E-state index contributed by atoms with van der Waals surface area (Å²) in [6, 6.07) is 13.6. The number of carbonyl (C=O) groups is 1. The lowest BCUT2D eigenvalue weighted by atomic mass is 9.78. The molecule has 5 rings (SSSR count). The standard InChI is InChI=1S/C22H21ClN4O/c23-17-6-3-12-25-20(17)26-13-4-9-22(15-26)10-14-27(21(22)28)19-8-1-7-18-16(19)5-2-11-24-18/h1-3,5-8,11-12H,4,9-10,13-15H2/t22-/m1/s1. The van der Waals surface area contributed by atoms with Crippen LogP contribution in [-0.4, -0.2) is 35.5 Å². The van der Waals surface area contributed by atoms with E-state index in [1.807, 2.05) is 47.4 Å². The molecule has 2 fully saturated rings. The van der Waals surface area contributed by atoms with Gasteiger partial charge >= 0.3 is 0 Å². The molecule has 1 spiro atoms. The van der Waals surface area contributed by atoms with Crippen molar-refractivity contribution in [2.75, 3.05) is 29.4 Å². The van der Waals surface area contributed by atoms with Crippen molar-refractivity contribution in [2.24, 2.45) is 5.41 Å². The highest BCUT2D eigenvalue weighted by Gasteiger charge is 2.49. The highest BCUT2D eigenvalue weighted by molar-refractivity contribution is 6.32. The van der Waals surface area contributed by atoms with Crippen LogP contribution in [0.4, 0.5) is 11.5 Å². The first-order valence-electron chi connectivity index (χ1n) is 9.69. The van der Waals surface area contributed by atoms with E-state index >= 15 is 0 Å². The third-order valence-corrected chi connectivity index (χ3v) is 6.34. The molecule has 1 amide bonds. The van der Waals surface area contributed by atoms with Gasteiger partial charge in [0.2, 0.25) is 5.91 Å². The summed E-state index contributed by atoms with van der Waals surface area (Å²) in [4.78, 5) is 26.6. The number of benzene rings is 1. The number of piperidine rings is 1. The van der Waals surface area contributed by atoms with E-state index < -0.39 is 0 Å². The van der Waals surface area contributed by atoms with Crippen LogP contribution in [0.5, 0.6) is 0 Å². The lowest BCUT2D eigenvalue weighted by Crippen LogP contribution is -2.48. The highest BCUT2D eigenvalue weighted by Crippen LogP contribution is 2.44. The molecule has 2 aliphatic heterocycles. The van der Waals surface area contributed by atoms with E-state index in [0.717, 1.165) is 54.8 Å². The van der Waals surface area contributed by atoms with Crippen molar-refractivity contribution in [2.45, 2.75) is 19.3 Å². The molecule has 0 saturated carbocycles. The van der Waals surface area contributed by atoms with Crippen LogP contribution in [0.1, 0.15) is 19.3 Å². The van der Waals surface area contributed by atoms with Crippen molar-refractivity contribution in [3.8, 4) is 0 Å². The molecule has 5 nitrogen and oxygen atoms in total. The molecule has 0 unspecified atom stereocenters. The number of anilines is 2. The van der Waals surface area contributed by atoms with Crippen LogP contribution < -0.4 is 9.80 Å². The van der Waals surface area contributed by atoms with Gasteiger partial charge < -0.3 is 9.80 Å². The zero-order valence-corrected chi connectivity index (χ0v) is 16.3. The molecule has 0 N–H and O–H groups in total. The predicted molar refractivity (Wildman–Crippen MR) is 112 cm³/mol. The van der Waals surface area contributed by atoms with Crippen molar-refractivity contribution in [1.82, 2.24) is 9.97 Å². The van der Waals surface area contributed by atoms with Crippen molar-refractivity contribution in [3.63, 3.8) is 0 Å². The topological polar surface area (TPSA) is 49.3 Å². The van der Waals surface area contributed by atoms with Crippen molar-refractivity contribution in [1.29, 1.82) is 0 Å². The number of carbonyl (C=O) groups excluding carboxylic acids is 1. The van der Waals surface area contributed by atoms with Gasteiger partial charge in [-0.15, -0.1) is 0 Å². The SMILES string of the molecule is O=C1N(c2cccc3ncccc23)CC[C@@]12CCCN(c1ncccc1Cl)C2. The molecule has 2 saturated heterocycles. The van der Waals surface area contributed by atoms with Gasteiger partial charge in [-0.05, 0) is 55.7 Å². The fourth-order valence-electron chi connectivity index (χ4n) is 4.67. The van der Waals surface area contributed by atoms with Crippen LogP contribution >= 0.6 is 11.6 Å². The summed E-state index contributed by atoms with van der Waals surface area (Å²) < 4.78 is 0. The number of nitrogens with zero attached hydrogens (tertiary/aromatic N) is 4. The van der Waals surface area contributed by atoms with E-state index in [4.69, 9.17) is 11.6 Å². The quantitative estimate of drug-likeness (QED) is 0.652. The van der Waals surface area contributed by atoms with Gasteiger partial charge in [0.15, 0.2) is 0 Å². The Morgan fingerprint density at radius 1 is 0.964 bits per heavy atom. The fourth-order valence-corrected chi connectivity index (χ4v) is 4.92. The van der Waals surface area contributed by atoms with Crippen LogP contribution in [-0.2, 0) is 4.79 Å². The smallest absolute Gasteiger partial charge is 0.235 e. The van der Waals surface area contributed by atoms with Gasteiger partial charge in [-0.3, -0.25) is 9.78 Å². The monoisotopic (exact) mass is 392 g/mol. The van der Waals surface area contributed by atoms with E-state index in [1.54, 1.807) is 12.4 Å². The Morgan fingerprint density at radius 3 is 2.71 bits per heavy atom. The molecular weight excluding hydrogens is 372 g/mol. The fraction of sp³-hybridized carbons (Fsp3) is 0.318. The normalized spacial score (nSPS) is 22.4. The Hall–Kier alpha value is -2.66. The van der Waals surface area contributed by atoms with E-state index in [0.29, 0.717) is 11.6 Å². The van der Waals surface area contributed by atoms with Gasteiger partial charge in [-0.2, -0.15) is 0 Å². The van der Waals surface area contributed by atoms with Crippen LogP contribution in [0.15, 0.2) is 54.9 Å². The van der Waals surface area contributed by atoms with Crippen LogP contribution in [0, 0.1) is 5.41 Å². The molecule has 1 atom stereocenters. The minimum absolute atomic E-state index is 0.209. The second-order valence-electron chi connectivity index (χ2n) is 7.67. The second-order valence-corrected chi connectivity index (χ2v) is 8.08. The third-order valence-electron chi connectivity index (χ3n) is 6.04. The average molecular weight is 393 g/mol. The third kappa shape index (κ3) is 2.73. The molecule has 28 heavy (non-hydrogen) atoms. The molecule has 1 aromatic carbocycles. The summed E-state index contributed by atoms with van der Waals surface area (Å²) in [7, 11) is 0. The second kappa shape index (κ2) is 6.74. The van der Waals surface area contributed by atoms with Crippen LogP contribution in [0.2, 0.25) is 5.02 Å². The molecule has 2 aliphatic rings. The summed E-state index contributed by atoms with van der Waals surface area (Å²) in [5.74, 6) is 0.990. The van der Waals surface area contributed by atoms with Crippen molar-refractivity contribution >= 4 is 39.9 Å². The minimum atomic E-state index is -0.372. The number of fused-ring (bicyclic) bond motifs is 1. The number of aromatic nitrogens is 2. The van der Waals surface area contributed by atoms with Gasteiger partial charge in [-0.1, -0.05) is 17.7 Å². The molecule has 0 aliphatic carbocycles. The Morgan fingerprint density at radius 2 is 1.82 bits per heavy atom. The highest BCUT2D eigenvalue weighted by atomic mass is 35.5. The maximum Gasteiger partial charge on any atom is 0.235 e. The number of pyridine rings is 2. The van der Waals surface area contributed by atoms with Gasteiger partial charge in [-0.25, -0.2) is 4.98 Å². The van der Waals surface area contributed by atoms with Crippen LogP contribution in [0.3, 0.4) is 0 Å². The summed E-state index contributed by atoms with van der Waals surface area (Å²) >= 11 is 6.37. The largest absolute Gasteiger partial charge is 0.354 e. The van der Waals surface area contributed by atoms with Crippen molar-refractivity contribution < 1.29 is 4.79 Å². The number of rotatable bonds is 2. The summed E-state index contributed by atoms with van der Waals surface area (Å²) in [5.41, 5.74) is 1.50. The lowest BCUT2D eigenvalue weighted by molar-refractivity contribution is -0.126. The summed E-state index contributed by atoms with van der Waals surface area (Å²) in [6.07, 6.45) is 6.27. The first kappa shape index (κ1) is 17.4. The molecule has 142 valence electrons. The number of hydrogen-bond donors (Lipinski definition) is 0. The Labute approximate surface area is 169 Å². The zero-order chi connectivity index (χ0) is 19.1. The van der Waals surface area contributed by atoms with E-state index in [2.05, 4.69) is 14.9 Å². The molecular formula is C22H21ClN4O. The molecule has 3 aromatic rings. The molecule has 0 bridgehead atoms. The lowest BCUT2D eigenvalue weighted by Gasteiger charge is -2.39. The number of amides is 1. The molecule has 2 aromatic heterocycles. The first-order chi connectivity index (χ1) is 13.7. The summed E-state index contributed by atoms with van der Waals surface area (Å²) in [6.45, 7) is 2.28. The predicted octanol–water partition coefficient (Wildman–Crippen LogP) is 4.31. The maximum atomic E-state index is 13.6. The van der Waals surface area contributed by atoms with E-state index in [9.17, 15) is 4.79 Å². The van der Waals surface area contributed by atoms with Crippen LogP contribution in [0.25, 0.3) is 10.9 Å².